The summed E-state index contributed by atoms with van der Waals surface area (Å²) in [6, 6.07) is 15.9. The summed E-state index contributed by atoms with van der Waals surface area (Å²) in [4.78, 5) is 16.6. The van der Waals surface area contributed by atoms with Crippen molar-refractivity contribution in [3.05, 3.63) is 65.2 Å². The van der Waals surface area contributed by atoms with Crippen LogP contribution in [0.3, 0.4) is 0 Å². The van der Waals surface area contributed by atoms with Crippen LogP contribution in [-0.4, -0.2) is 10.2 Å². The van der Waals surface area contributed by atoms with Crippen molar-refractivity contribution in [2.45, 2.75) is 33.1 Å². The number of para-hydroxylation sites is 1. The van der Waals surface area contributed by atoms with Crippen molar-refractivity contribution in [3.63, 3.8) is 0 Å². The third kappa shape index (κ3) is 3.07. The van der Waals surface area contributed by atoms with Gasteiger partial charge in [-0.3, -0.25) is 4.79 Å². The largest absolute Gasteiger partial charge is 0.276 e. The molecule has 3 aromatic rings. The summed E-state index contributed by atoms with van der Waals surface area (Å²) in [5.41, 5.74) is 5.45. The Labute approximate surface area is 147 Å². The van der Waals surface area contributed by atoms with E-state index in [0.29, 0.717) is 5.56 Å². The molecule has 1 heterocycles. The van der Waals surface area contributed by atoms with Gasteiger partial charge in [0.2, 0.25) is 0 Å². The van der Waals surface area contributed by atoms with Crippen molar-refractivity contribution < 1.29 is 4.79 Å². The topological polar surface area (TPSA) is 30.0 Å². The molecule has 0 saturated heterocycles. The third-order valence-corrected chi connectivity index (χ3v) is 4.50. The smallest absolute Gasteiger partial charge is 0.253 e. The number of halogens is 1. The number of benzene rings is 2. The molecule has 0 atom stereocenters. The van der Waals surface area contributed by atoms with E-state index in [4.69, 9.17) is 16.6 Å². The predicted octanol–water partition coefficient (Wildman–Crippen LogP) is 5.89. The fraction of sp³-hybridized carbons (Fsp3) is 0.238. The quantitative estimate of drug-likeness (QED) is 0.546. The molecule has 0 bridgehead atoms. The molecule has 0 fully saturated rings. The summed E-state index contributed by atoms with van der Waals surface area (Å²) in [5.74, 6) is 0. The summed E-state index contributed by atoms with van der Waals surface area (Å²) in [6.07, 6.45) is 0. The van der Waals surface area contributed by atoms with Crippen LogP contribution < -0.4 is 0 Å². The lowest BCUT2D eigenvalue weighted by Gasteiger charge is -2.19. The van der Waals surface area contributed by atoms with Crippen LogP contribution in [0.4, 0.5) is 0 Å². The van der Waals surface area contributed by atoms with Crippen LogP contribution in [0.1, 0.15) is 42.3 Å². The minimum atomic E-state index is -0.458. The number of pyridine rings is 1. The number of aryl methyl sites for hydroxylation is 1. The van der Waals surface area contributed by atoms with Crippen molar-refractivity contribution >= 4 is 27.7 Å². The Hall–Kier alpha value is -2.19. The van der Waals surface area contributed by atoms with Crippen molar-refractivity contribution in [1.29, 1.82) is 0 Å². The standard InChI is InChI=1S/C21H20ClNO/c1-13-6-5-7-16-17(20(22)24)12-18(23-19(13)16)14-8-10-15(11-9-14)21(2,3)4/h5-12H,1-4H3. The van der Waals surface area contributed by atoms with Gasteiger partial charge < -0.3 is 0 Å². The van der Waals surface area contributed by atoms with Crippen LogP contribution in [0.15, 0.2) is 48.5 Å². The predicted molar refractivity (Wildman–Crippen MR) is 101 cm³/mol. The Balaban J connectivity index is 2.20. The highest BCUT2D eigenvalue weighted by Crippen LogP contribution is 2.29. The summed E-state index contributed by atoms with van der Waals surface area (Å²) >= 11 is 5.81. The van der Waals surface area contributed by atoms with Crippen molar-refractivity contribution in [2.24, 2.45) is 0 Å². The van der Waals surface area contributed by atoms with Gasteiger partial charge in [0, 0.05) is 16.5 Å². The van der Waals surface area contributed by atoms with Gasteiger partial charge in [0.25, 0.3) is 5.24 Å². The maximum absolute atomic E-state index is 11.9. The average Bonchev–Trinajstić information content (AvgIpc) is 2.53. The van der Waals surface area contributed by atoms with Crippen LogP contribution in [0.2, 0.25) is 0 Å². The SMILES string of the molecule is Cc1cccc2c(C(=O)Cl)cc(-c3ccc(C(C)(C)C)cc3)nc12. The highest BCUT2D eigenvalue weighted by atomic mass is 35.5. The number of hydrogen-bond donors (Lipinski definition) is 0. The monoisotopic (exact) mass is 337 g/mol. The normalized spacial score (nSPS) is 11.7. The van der Waals surface area contributed by atoms with E-state index in [1.807, 2.05) is 25.1 Å². The molecule has 3 rings (SSSR count). The number of fused-ring (bicyclic) bond motifs is 1. The van der Waals surface area contributed by atoms with Gasteiger partial charge in [-0.2, -0.15) is 0 Å². The molecule has 0 amide bonds. The van der Waals surface area contributed by atoms with Gasteiger partial charge in [-0.05, 0) is 41.1 Å². The second-order valence-corrected chi connectivity index (χ2v) is 7.47. The van der Waals surface area contributed by atoms with Crippen molar-refractivity contribution in [2.75, 3.05) is 0 Å². The molecule has 1 aromatic heterocycles. The van der Waals surface area contributed by atoms with Gasteiger partial charge in [0.1, 0.15) is 0 Å². The molecule has 0 spiro atoms. The first kappa shape index (κ1) is 16.7. The van der Waals surface area contributed by atoms with Gasteiger partial charge in [0.05, 0.1) is 11.2 Å². The Morgan fingerprint density at radius 2 is 1.71 bits per heavy atom. The summed E-state index contributed by atoms with van der Waals surface area (Å²) in [6.45, 7) is 8.54. The van der Waals surface area contributed by atoms with Crippen molar-refractivity contribution in [1.82, 2.24) is 4.98 Å². The molecular formula is C21H20ClNO. The first-order valence-corrected chi connectivity index (χ1v) is 8.36. The highest BCUT2D eigenvalue weighted by molar-refractivity contribution is 6.68. The van der Waals surface area contributed by atoms with Crippen LogP contribution in [0.5, 0.6) is 0 Å². The van der Waals surface area contributed by atoms with E-state index in [2.05, 4.69) is 45.0 Å². The second-order valence-electron chi connectivity index (χ2n) is 7.13. The minimum Gasteiger partial charge on any atom is -0.276 e. The molecule has 3 heteroatoms. The molecule has 24 heavy (non-hydrogen) atoms. The van der Waals surface area contributed by atoms with Crippen LogP contribution in [0.25, 0.3) is 22.2 Å². The molecule has 0 aliphatic rings. The van der Waals surface area contributed by atoms with Gasteiger partial charge in [-0.25, -0.2) is 4.98 Å². The lowest BCUT2D eigenvalue weighted by molar-refractivity contribution is 0.108. The van der Waals surface area contributed by atoms with Gasteiger partial charge in [-0.15, -0.1) is 0 Å². The molecule has 0 saturated carbocycles. The molecule has 0 N–H and O–H groups in total. The Morgan fingerprint density at radius 1 is 1.04 bits per heavy atom. The van der Waals surface area contributed by atoms with E-state index < -0.39 is 5.24 Å². The number of carbonyl (C=O) groups excluding carboxylic acids is 1. The zero-order valence-electron chi connectivity index (χ0n) is 14.4. The van der Waals surface area contributed by atoms with Crippen LogP contribution in [0, 0.1) is 6.92 Å². The fourth-order valence-corrected chi connectivity index (χ4v) is 3.00. The van der Waals surface area contributed by atoms with E-state index in [-0.39, 0.29) is 5.41 Å². The Bertz CT molecular complexity index is 921. The summed E-state index contributed by atoms with van der Waals surface area (Å²) in [7, 11) is 0. The van der Waals surface area contributed by atoms with E-state index in [1.165, 1.54) is 5.56 Å². The molecule has 2 nitrogen and oxygen atoms in total. The Morgan fingerprint density at radius 3 is 2.29 bits per heavy atom. The highest BCUT2D eigenvalue weighted by Gasteiger charge is 2.15. The minimum absolute atomic E-state index is 0.100. The van der Waals surface area contributed by atoms with E-state index >= 15 is 0 Å². The lowest BCUT2D eigenvalue weighted by atomic mass is 9.86. The number of nitrogens with zero attached hydrogens (tertiary/aromatic N) is 1. The first-order valence-electron chi connectivity index (χ1n) is 7.98. The molecule has 0 radical (unpaired) electrons. The molecule has 122 valence electrons. The van der Waals surface area contributed by atoms with Gasteiger partial charge >= 0.3 is 0 Å². The molecule has 0 unspecified atom stereocenters. The second kappa shape index (κ2) is 6.03. The third-order valence-electron chi connectivity index (χ3n) is 4.30. The number of carbonyl (C=O) groups is 1. The van der Waals surface area contributed by atoms with E-state index in [0.717, 1.165) is 27.7 Å². The van der Waals surface area contributed by atoms with Gasteiger partial charge in [0.15, 0.2) is 0 Å². The van der Waals surface area contributed by atoms with E-state index in [9.17, 15) is 4.79 Å². The number of rotatable bonds is 2. The maximum Gasteiger partial charge on any atom is 0.253 e. The zero-order chi connectivity index (χ0) is 17.5. The van der Waals surface area contributed by atoms with Crippen molar-refractivity contribution in [3.8, 4) is 11.3 Å². The molecular weight excluding hydrogens is 318 g/mol. The first-order chi connectivity index (χ1) is 11.3. The van der Waals surface area contributed by atoms with E-state index in [1.54, 1.807) is 6.07 Å². The fourth-order valence-electron chi connectivity index (χ4n) is 2.84. The number of aromatic nitrogens is 1. The van der Waals surface area contributed by atoms with Crippen LogP contribution >= 0.6 is 11.6 Å². The molecule has 0 aliphatic heterocycles. The zero-order valence-corrected chi connectivity index (χ0v) is 15.1. The van der Waals surface area contributed by atoms with Crippen LogP contribution in [-0.2, 0) is 5.41 Å². The molecule has 2 aromatic carbocycles. The number of hydrogen-bond acceptors (Lipinski definition) is 2. The Kier molecular flexibility index (Phi) is 4.18. The lowest BCUT2D eigenvalue weighted by Crippen LogP contribution is -2.10. The molecule has 0 aliphatic carbocycles. The summed E-state index contributed by atoms with van der Waals surface area (Å²) < 4.78 is 0. The average molecular weight is 338 g/mol. The summed E-state index contributed by atoms with van der Waals surface area (Å²) in [5, 5.41) is 0.339. The maximum atomic E-state index is 11.9. The van der Waals surface area contributed by atoms with Gasteiger partial charge in [-0.1, -0.05) is 63.2 Å².